The van der Waals surface area contributed by atoms with Gasteiger partial charge >= 0.3 is 0 Å². The highest BCUT2D eigenvalue weighted by atomic mass is 35.5. The van der Waals surface area contributed by atoms with Gasteiger partial charge in [-0.15, -0.1) is 0 Å². The first-order valence-electron chi connectivity index (χ1n) is 9.42. The molecule has 0 aliphatic heterocycles. The third-order valence-electron chi connectivity index (χ3n) is 5.05. The molecule has 1 N–H and O–H groups in total. The summed E-state index contributed by atoms with van der Waals surface area (Å²) in [6, 6.07) is 16.8. The van der Waals surface area contributed by atoms with E-state index in [0.717, 1.165) is 28.0 Å². The Hall–Kier alpha value is -3.18. The average molecular weight is 405 g/mol. The zero-order valence-corrected chi connectivity index (χ0v) is 17.2. The molecule has 0 radical (unpaired) electrons. The van der Waals surface area contributed by atoms with Crippen molar-refractivity contribution < 1.29 is 0 Å². The molecule has 4 rings (SSSR count). The molecule has 4 aromatic rings. The molecule has 29 heavy (non-hydrogen) atoms. The second-order valence-electron chi connectivity index (χ2n) is 7.08. The van der Waals surface area contributed by atoms with E-state index in [1.165, 1.54) is 0 Å². The molecule has 0 saturated carbocycles. The molecular weight excluding hydrogens is 384 g/mol. The van der Waals surface area contributed by atoms with Gasteiger partial charge in [0.2, 0.25) is 5.95 Å². The van der Waals surface area contributed by atoms with Crippen LogP contribution >= 0.6 is 11.6 Å². The lowest BCUT2D eigenvalue weighted by molar-refractivity contribution is 0.766. The molecular formula is C23H21ClN4O. The number of hydrogen-bond acceptors (Lipinski definition) is 4. The van der Waals surface area contributed by atoms with Gasteiger partial charge in [-0.1, -0.05) is 41.9 Å². The number of halogens is 1. The molecule has 5 nitrogen and oxygen atoms in total. The average Bonchev–Trinajstić information content (AvgIpc) is 2.71. The highest BCUT2D eigenvalue weighted by Crippen LogP contribution is 2.26. The molecule has 2 heterocycles. The Bertz CT molecular complexity index is 1250. The largest absolute Gasteiger partial charge is 0.346 e. The van der Waals surface area contributed by atoms with E-state index < -0.39 is 0 Å². The molecule has 0 aliphatic carbocycles. The standard InChI is InChI=1S/C23H21ClN4O/c1-14-13-25-23(26-15(14)2)27-16(3)20-12-17-8-7-11-19(24)21(17)22(29)28(20)18-9-5-4-6-10-18/h4-13,16H,1-3H3,(H,25,26,27)/t16-/m0/s1. The van der Waals surface area contributed by atoms with Crippen molar-refractivity contribution in [3.05, 3.63) is 93.1 Å². The first-order valence-corrected chi connectivity index (χ1v) is 9.80. The van der Waals surface area contributed by atoms with Gasteiger partial charge in [-0.2, -0.15) is 0 Å². The maximum absolute atomic E-state index is 13.4. The van der Waals surface area contributed by atoms with Crippen LogP contribution in [-0.4, -0.2) is 14.5 Å². The van der Waals surface area contributed by atoms with Crippen molar-refractivity contribution in [2.75, 3.05) is 5.32 Å². The molecule has 1 atom stereocenters. The van der Waals surface area contributed by atoms with Crippen molar-refractivity contribution in [3.8, 4) is 5.69 Å². The second-order valence-corrected chi connectivity index (χ2v) is 7.48. The number of benzene rings is 2. The van der Waals surface area contributed by atoms with Gasteiger partial charge in [0.1, 0.15) is 0 Å². The molecule has 0 amide bonds. The molecule has 0 spiro atoms. The highest BCUT2D eigenvalue weighted by Gasteiger charge is 2.18. The van der Waals surface area contributed by atoms with Gasteiger partial charge in [-0.25, -0.2) is 9.97 Å². The number of para-hydroxylation sites is 1. The van der Waals surface area contributed by atoms with Crippen molar-refractivity contribution >= 4 is 28.3 Å². The van der Waals surface area contributed by atoms with Crippen LogP contribution in [0.2, 0.25) is 5.02 Å². The summed E-state index contributed by atoms with van der Waals surface area (Å²) in [6.45, 7) is 5.91. The Morgan fingerprint density at radius 2 is 1.83 bits per heavy atom. The number of fused-ring (bicyclic) bond motifs is 1. The summed E-state index contributed by atoms with van der Waals surface area (Å²) in [5.74, 6) is 0.527. The van der Waals surface area contributed by atoms with Crippen LogP contribution in [0, 0.1) is 13.8 Å². The molecule has 0 bridgehead atoms. The molecule has 2 aromatic carbocycles. The molecule has 0 unspecified atom stereocenters. The normalized spacial score (nSPS) is 12.1. The van der Waals surface area contributed by atoms with Crippen molar-refractivity contribution in [3.63, 3.8) is 0 Å². The van der Waals surface area contributed by atoms with E-state index >= 15 is 0 Å². The van der Waals surface area contributed by atoms with E-state index in [1.54, 1.807) is 16.8 Å². The smallest absolute Gasteiger partial charge is 0.264 e. The minimum Gasteiger partial charge on any atom is -0.346 e. The van der Waals surface area contributed by atoms with Crippen LogP contribution in [0.3, 0.4) is 0 Å². The zero-order chi connectivity index (χ0) is 20.5. The van der Waals surface area contributed by atoms with Crippen molar-refractivity contribution in [1.82, 2.24) is 14.5 Å². The van der Waals surface area contributed by atoms with Gasteiger partial charge in [0.15, 0.2) is 0 Å². The van der Waals surface area contributed by atoms with Crippen molar-refractivity contribution in [1.29, 1.82) is 0 Å². The Kier molecular flexibility index (Phi) is 5.07. The van der Waals surface area contributed by atoms with Crippen molar-refractivity contribution in [2.24, 2.45) is 0 Å². The number of nitrogens with one attached hydrogen (secondary N) is 1. The molecule has 6 heteroatoms. The maximum atomic E-state index is 13.4. The predicted molar refractivity (Wildman–Crippen MR) is 118 cm³/mol. The number of hydrogen-bond donors (Lipinski definition) is 1. The van der Waals surface area contributed by atoms with E-state index in [9.17, 15) is 4.79 Å². The zero-order valence-electron chi connectivity index (χ0n) is 16.5. The summed E-state index contributed by atoms with van der Waals surface area (Å²) in [7, 11) is 0. The number of pyridine rings is 1. The van der Waals surface area contributed by atoms with Crippen LogP contribution in [0.1, 0.15) is 29.9 Å². The lowest BCUT2D eigenvalue weighted by atomic mass is 10.1. The van der Waals surface area contributed by atoms with Gasteiger partial charge in [0, 0.05) is 23.3 Å². The monoisotopic (exact) mass is 404 g/mol. The number of nitrogens with zero attached hydrogens (tertiary/aromatic N) is 3. The van der Waals surface area contributed by atoms with Gasteiger partial charge < -0.3 is 5.32 Å². The van der Waals surface area contributed by atoms with Crippen LogP contribution in [0.15, 0.2) is 65.6 Å². The van der Waals surface area contributed by atoms with E-state index in [2.05, 4.69) is 15.3 Å². The SMILES string of the molecule is Cc1cnc(N[C@@H](C)c2cc3cccc(Cl)c3c(=O)n2-c2ccccc2)nc1C. The quantitative estimate of drug-likeness (QED) is 0.506. The summed E-state index contributed by atoms with van der Waals surface area (Å²) in [4.78, 5) is 22.3. The Morgan fingerprint density at radius 1 is 1.07 bits per heavy atom. The second kappa shape index (κ2) is 7.68. The molecule has 0 fully saturated rings. The lowest BCUT2D eigenvalue weighted by Crippen LogP contribution is -2.26. The molecule has 146 valence electrons. The van der Waals surface area contributed by atoms with Gasteiger partial charge in [0.25, 0.3) is 5.56 Å². The molecule has 0 saturated heterocycles. The fourth-order valence-corrected chi connectivity index (χ4v) is 3.63. The van der Waals surface area contributed by atoms with Crippen LogP contribution in [-0.2, 0) is 0 Å². The summed E-state index contributed by atoms with van der Waals surface area (Å²) >= 11 is 6.37. The number of aromatic nitrogens is 3. The van der Waals surface area contributed by atoms with Crippen molar-refractivity contribution in [2.45, 2.75) is 26.8 Å². The minimum absolute atomic E-state index is 0.149. The Balaban J connectivity index is 1.90. The molecule has 0 aliphatic rings. The van der Waals surface area contributed by atoms with Crippen LogP contribution in [0.25, 0.3) is 16.5 Å². The first-order chi connectivity index (χ1) is 14.0. The Labute approximate surface area is 174 Å². The van der Waals surface area contributed by atoms with Gasteiger partial charge in [0.05, 0.1) is 16.5 Å². The summed E-state index contributed by atoms with van der Waals surface area (Å²) in [5.41, 5.74) is 3.39. The summed E-state index contributed by atoms with van der Waals surface area (Å²) < 4.78 is 1.70. The fraction of sp³-hybridized carbons (Fsp3) is 0.174. The summed E-state index contributed by atoms with van der Waals surface area (Å²) in [6.07, 6.45) is 1.79. The minimum atomic E-state index is -0.214. The number of aryl methyl sites for hydroxylation is 2. The van der Waals surface area contributed by atoms with E-state index in [-0.39, 0.29) is 11.6 Å². The first kappa shape index (κ1) is 19.2. The fourth-order valence-electron chi connectivity index (χ4n) is 3.37. The third kappa shape index (κ3) is 3.61. The van der Waals surface area contributed by atoms with Gasteiger partial charge in [-0.05, 0) is 56.0 Å². The highest BCUT2D eigenvalue weighted by molar-refractivity contribution is 6.35. The predicted octanol–water partition coefficient (Wildman–Crippen LogP) is 5.22. The Morgan fingerprint density at radius 3 is 2.55 bits per heavy atom. The number of anilines is 1. The summed E-state index contributed by atoms with van der Waals surface area (Å²) in [5, 5.41) is 5.09. The van der Waals surface area contributed by atoms with Crippen LogP contribution in [0.5, 0.6) is 0 Å². The lowest BCUT2D eigenvalue weighted by Gasteiger charge is -2.21. The topological polar surface area (TPSA) is 59.8 Å². The number of rotatable bonds is 4. The van der Waals surface area contributed by atoms with E-state index in [1.807, 2.05) is 69.3 Å². The van der Waals surface area contributed by atoms with Crippen LogP contribution < -0.4 is 10.9 Å². The van der Waals surface area contributed by atoms with E-state index in [4.69, 9.17) is 11.6 Å². The third-order valence-corrected chi connectivity index (χ3v) is 5.37. The molecule has 2 aromatic heterocycles. The van der Waals surface area contributed by atoms with Crippen LogP contribution in [0.4, 0.5) is 5.95 Å². The van der Waals surface area contributed by atoms with E-state index in [0.29, 0.717) is 16.4 Å². The van der Waals surface area contributed by atoms with Gasteiger partial charge in [-0.3, -0.25) is 9.36 Å². The maximum Gasteiger partial charge on any atom is 0.264 e.